The molecule has 0 unspecified atom stereocenters. The van der Waals surface area contributed by atoms with Crippen molar-refractivity contribution < 1.29 is 19.0 Å². The fourth-order valence-electron chi connectivity index (χ4n) is 2.69. The Bertz CT molecular complexity index is 454. The first-order chi connectivity index (χ1) is 10.7. The van der Waals surface area contributed by atoms with E-state index in [0.717, 1.165) is 0 Å². The predicted molar refractivity (Wildman–Crippen MR) is 78.2 cm³/mol. The molecule has 124 valence electrons. The van der Waals surface area contributed by atoms with Crippen LogP contribution in [0, 0.1) is 0 Å². The van der Waals surface area contributed by atoms with E-state index in [-0.39, 0.29) is 24.2 Å². The maximum absolute atomic E-state index is 12.4. The first kappa shape index (κ1) is 16.9. The number of hydrogen-bond donors (Lipinski definition) is 0. The first-order valence-corrected chi connectivity index (χ1v) is 7.38. The molecule has 1 amide bonds. The van der Waals surface area contributed by atoms with Crippen molar-refractivity contribution in [1.82, 2.24) is 19.7 Å². The van der Waals surface area contributed by atoms with Crippen molar-refractivity contribution in [1.29, 1.82) is 0 Å². The summed E-state index contributed by atoms with van der Waals surface area (Å²) >= 11 is 0. The van der Waals surface area contributed by atoms with Crippen molar-refractivity contribution >= 4 is 5.91 Å². The van der Waals surface area contributed by atoms with E-state index in [1.165, 1.54) is 6.33 Å². The minimum atomic E-state index is -0.178. The Morgan fingerprint density at radius 3 is 2.86 bits per heavy atom. The molecule has 1 aromatic rings. The Hall–Kier alpha value is -1.51. The SMILES string of the molecule is CO[C@H]1[C@H](N(C)C(=O)CCCn2cncn2)COC[C@H]1OC. The van der Waals surface area contributed by atoms with Crippen LogP contribution in [0.2, 0.25) is 0 Å². The molecular formula is C14H24N4O4. The van der Waals surface area contributed by atoms with Gasteiger partial charge in [0.05, 0.1) is 19.3 Å². The van der Waals surface area contributed by atoms with E-state index in [0.29, 0.717) is 32.6 Å². The van der Waals surface area contributed by atoms with Gasteiger partial charge in [0.25, 0.3) is 0 Å². The van der Waals surface area contributed by atoms with Gasteiger partial charge in [-0.2, -0.15) is 5.10 Å². The summed E-state index contributed by atoms with van der Waals surface area (Å²) in [5.74, 6) is 0.0625. The van der Waals surface area contributed by atoms with Crippen LogP contribution in [0.1, 0.15) is 12.8 Å². The lowest BCUT2D eigenvalue weighted by Crippen LogP contribution is -2.57. The van der Waals surface area contributed by atoms with Gasteiger partial charge < -0.3 is 19.1 Å². The van der Waals surface area contributed by atoms with E-state index in [9.17, 15) is 4.79 Å². The Labute approximate surface area is 130 Å². The Morgan fingerprint density at radius 2 is 2.23 bits per heavy atom. The van der Waals surface area contributed by atoms with Crippen LogP contribution in [0.5, 0.6) is 0 Å². The van der Waals surface area contributed by atoms with E-state index < -0.39 is 0 Å². The highest BCUT2D eigenvalue weighted by molar-refractivity contribution is 5.76. The number of ether oxygens (including phenoxy) is 3. The summed E-state index contributed by atoms with van der Waals surface area (Å²) in [7, 11) is 5.05. The average Bonchev–Trinajstić information content (AvgIpc) is 3.06. The van der Waals surface area contributed by atoms with E-state index in [2.05, 4.69) is 10.1 Å². The van der Waals surface area contributed by atoms with Crippen LogP contribution in [-0.4, -0.2) is 78.3 Å². The Morgan fingerprint density at radius 1 is 1.41 bits per heavy atom. The molecular weight excluding hydrogens is 288 g/mol. The highest BCUT2D eigenvalue weighted by Gasteiger charge is 2.38. The molecule has 3 atom stereocenters. The molecule has 2 rings (SSSR count). The van der Waals surface area contributed by atoms with E-state index in [1.54, 1.807) is 37.2 Å². The Balaban J connectivity index is 1.85. The van der Waals surface area contributed by atoms with Crippen LogP contribution in [0.4, 0.5) is 0 Å². The first-order valence-electron chi connectivity index (χ1n) is 7.38. The molecule has 0 aliphatic carbocycles. The van der Waals surface area contributed by atoms with Crippen molar-refractivity contribution in [2.45, 2.75) is 37.6 Å². The lowest BCUT2D eigenvalue weighted by molar-refractivity contribution is -0.164. The van der Waals surface area contributed by atoms with Crippen LogP contribution in [-0.2, 0) is 25.5 Å². The van der Waals surface area contributed by atoms with Crippen LogP contribution >= 0.6 is 0 Å². The lowest BCUT2D eigenvalue weighted by atomic mass is 10.0. The largest absolute Gasteiger partial charge is 0.376 e. The van der Waals surface area contributed by atoms with Gasteiger partial charge >= 0.3 is 0 Å². The van der Waals surface area contributed by atoms with Crippen molar-refractivity contribution in [2.24, 2.45) is 0 Å². The summed E-state index contributed by atoms with van der Waals surface area (Å²) in [5, 5.41) is 4.02. The topological polar surface area (TPSA) is 78.7 Å². The summed E-state index contributed by atoms with van der Waals surface area (Å²) in [6.07, 6.45) is 3.96. The van der Waals surface area contributed by atoms with Crippen molar-refractivity contribution in [3.05, 3.63) is 12.7 Å². The normalized spacial score (nSPS) is 25.1. The summed E-state index contributed by atoms with van der Waals surface area (Å²) < 4.78 is 18.1. The third-order valence-corrected chi connectivity index (χ3v) is 4.03. The van der Waals surface area contributed by atoms with Crippen LogP contribution in [0.15, 0.2) is 12.7 Å². The number of rotatable bonds is 7. The Kier molecular flexibility index (Phi) is 6.29. The molecule has 1 saturated heterocycles. The molecule has 0 bridgehead atoms. The number of carbonyl (C=O) groups is 1. The molecule has 2 heterocycles. The molecule has 0 spiro atoms. The molecule has 8 nitrogen and oxygen atoms in total. The van der Waals surface area contributed by atoms with Gasteiger partial charge in [-0.25, -0.2) is 4.98 Å². The number of likely N-dealkylation sites (N-methyl/N-ethyl adjacent to an activating group) is 1. The summed E-state index contributed by atoms with van der Waals surface area (Å²) in [6.45, 7) is 1.62. The van der Waals surface area contributed by atoms with Gasteiger partial charge in [-0.05, 0) is 6.42 Å². The predicted octanol–water partition coefficient (Wildman–Crippen LogP) is -0.0545. The number of aryl methyl sites for hydroxylation is 1. The van der Waals surface area contributed by atoms with Gasteiger partial charge in [-0.1, -0.05) is 0 Å². The fraction of sp³-hybridized carbons (Fsp3) is 0.786. The van der Waals surface area contributed by atoms with Crippen molar-refractivity contribution in [3.8, 4) is 0 Å². The minimum Gasteiger partial charge on any atom is -0.376 e. The van der Waals surface area contributed by atoms with E-state index in [4.69, 9.17) is 14.2 Å². The summed E-state index contributed by atoms with van der Waals surface area (Å²) in [5.41, 5.74) is 0. The molecule has 1 aliphatic heterocycles. The number of nitrogens with zero attached hydrogens (tertiary/aromatic N) is 4. The van der Waals surface area contributed by atoms with E-state index >= 15 is 0 Å². The number of methoxy groups -OCH3 is 2. The monoisotopic (exact) mass is 312 g/mol. The van der Waals surface area contributed by atoms with Crippen molar-refractivity contribution in [3.63, 3.8) is 0 Å². The second-order valence-electron chi connectivity index (χ2n) is 5.35. The third-order valence-electron chi connectivity index (χ3n) is 4.03. The molecule has 0 radical (unpaired) electrons. The lowest BCUT2D eigenvalue weighted by Gasteiger charge is -2.40. The molecule has 1 aliphatic rings. The van der Waals surface area contributed by atoms with Crippen LogP contribution in [0.25, 0.3) is 0 Å². The van der Waals surface area contributed by atoms with Gasteiger partial charge in [0.15, 0.2) is 0 Å². The summed E-state index contributed by atoms with van der Waals surface area (Å²) in [4.78, 5) is 17.9. The van der Waals surface area contributed by atoms with Gasteiger partial charge in [0.1, 0.15) is 24.9 Å². The number of hydrogen-bond acceptors (Lipinski definition) is 6. The van der Waals surface area contributed by atoms with Gasteiger partial charge in [0, 0.05) is 34.2 Å². The summed E-state index contributed by atoms with van der Waals surface area (Å²) in [6, 6.07) is -0.137. The second-order valence-corrected chi connectivity index (χ2v) is 5.35. The molecule has 8 heteroatoms. The highest BCUT2D eigenvalue weighted by atomic mass is 16.6. The second kappa shape index (κ2) is 8.21. The molecule has 0 N–H and O–H groups in total. The highest BCUT2D eigenvalue weighted by Crippen LogP contribution is 2.19. The number of carbonyl (C=O) groups excluding carboxylic acids is 1. The van der Waals surface area contributed by atoms with Gasteiger partial charge in [-0.15, -0.1) is 0 Å². The van der Waals surface area contributed by atoms with Gasteiger partial charge in [-0.3, -0.25) is 9.48 Å². The molecule has 0 aromatic carbocycles. The smallest absolute Gasteiger partial charge is 0.222 e. The number of amides is 1. The zero-order valence-corrected chi connectivity index (χ0v) is 13.3. The maximum atomic E-state index is 12.4. The zero-order valence-electron chi connectivity index (χ0n) is 13.3. The van der Waals surface area contributed by atoms with E-state index in [1.807, 2.05) is 0 Å². The molecule has 1 fully saturated rings. The quantitative estimate of drug-likeness (QED) is 0.702. The third kappa shape index (κ3) is 4.02. The zero-order chi connectivity index (χ0) is 15.9. The average molecular weight is 312 g/mol. The van der Waals surface area contributed by atoms with Gasteiger partial charge in [0.2, 0.25) is 5.91 Å². The standard InChI is InChI=1S/C14H24N4O4/c1-17(11-7-22-8-12(20-2)14(11)21-3)13(19)5-4-6-18-10-15-9-16-18/h9-12,14H,4-8H2,1-3H3/t11-,12-,14+/m1/s1. The fourth-order valence-corrected chi connectivity index (χ4v) is 2.69. The molecule has 0 saturated carbocycles. The number of aromatic nitrogens is 3. The maximum Gasteiger partial charge on any atom is 0.222 e. The van der Waals surface area contributed by atoms with Crippen molar-refractivity contribution in [2.75, 3.05) is 34.5 Å². The molecule has 22 heavy (non-hydrogen) atoms. The van der Waals surface area contributed by atoms with Crippen LogP contribution in [0.3, 0.4) is 0 Å². The molecule has 1 aromatic heterocycles. The van der Waals surface area contributed by atoms with Crippen LogP contribution < -0.4 is 0 Å². The minimum absolute atomic E-state index is 0.0625.